The highest BCUT2D eigenvalue weighted by Gasteiger charge is 2.19. The molecule has 5 heteroatoms. The third-order valence-electron chi connectivity index (χ3n) is 3.81. The summed E-state index contributed by atoms with van der Waals surface area (Å²) in [5.74, 6) is 1.98. The molecule has 2 aromatic carbocycles. The zero-order valence-corrected chi connectivity index (χ0v) is 13.5. The van der Waals surface area contributed by atoms with Crippen LogP contribution in [0.15, 0.2) is 36.4 Å². The average molecular weight is 313 g/mol. The number of methoxy groups -OCH3 is 1. The zero-order chi connectivity index (χ0) is 16.4. The first-order chi connectivity index (χ1) is 11.1. The van der Waals surface area contributed by atoms with Crippen LogP contribution >= 0.6 is 0 Å². The second kappa shape index (κ2) is 6.20. The molecule has 0 bridgehead atoms. The molecule has 0 fully saturated rings. The predicted octanol–water partition coefficient (Wildman–Crippen LogP) is 3.00. The van der Waals surface area contributed by atoms with Gasteiger partial charge in [0.15, 0.2) is 11.5 Å². The largest absolute Gasteiger partial charge is 0.496 e. The van der Waals surface area contributed by atoms with E-state index < -0.39 is 0 Å². The Hall–Kier alpha value is -2.69. The van der Waals surface area contributed by atoms with Crippen molar-refractivity contribution in [3.05, 3.63) is 53.1 Å². The number of carbonyl (C=O) groups excluding carboxylic acids is 1. The minimum Gasteiger partial charge on any atom is -0.496 e. The molecule has 2 aromatic rings. The molecule has 0 saturated heterocycles. The number of benzene rings is 2. The number of carbonyl (C=O) groups is 1. The number of ether oxygens (including phenoxy) is 3. The summed E-state index contributed by atoms with van der Waals surface area (Å²) in [7, 11) is 3.41. The van der Waals surface area contributed by atoms with Crippen molar-refractivity contribution < 1.29 is 19.0 Å². The number of rotatable bonds is 4. The van der Waals surface area contributed by atoms with Gasteiger partial charge in [-0.2, -0.15) is 0 Å². The van der Waals surface area contributed by atoms with E-state index >= 15 is 0 Å². The molecule has 1 amide bonds. The maximum absolute atomic E-state index is 12.6. The Labute approximate surface area is 135 Å². The van der Waals surface area contributed by atoms with Gasteiger partial charge in [0.2, 0.25) is 6.79 Å². The van der Waals surface area contributed by atoms with Gasteiger partial charge in [-0.1, -0.05) is 17.7 Å². The van der Waals surface area contributed by atoms with Gasteiger partial charge in [-0.3, -0.25) is 4.79 Å². The molecule has 0 spiro atoms. The lowest BCUT2D eigenvalue weighted by atomic mass is 10.1. The van der Waals surface area contributed by atoms with Gasteiger partial charge in [0.05, 0.1) is 7.11 Å². The summed E-state index contributed by atoms with van der Waals surface area (Å²) < 4.78 is 16.0. The van der Waals surface area contributed by atoms with Crippen molar-refractivity contribution in [3.63, 3.8) is 0 Å². The summed E-state index contributed by atoms with van der Waals surface area (Å²) in [6, 6.07) is 11.2. The SMILES string of the molecule is COc1ccc(C)cc1CN(C)C(=O)c1ccc2c(c1)OCO2. The van der Waals surface area contributed by atoms with Crippen LogP contribution in [0.1, 0.15) is 21.5 Å². The fourth-order valence-electron chi connectivity index (χ4n) is 2.61. The molecule has 0 atom stereocenters. The highest BCUT2D eigenvalue weighted by molar-refractivity contribution is 5.94. The summed E-state index contributed by atoms with van der Waals surface area (Å²) >= 11 is 0. The predicted molar refractivity (Wildman–Crippen MR) is 86.1 cm³/mol. The van der Waals surface area contributed by atoms with Crippen LogP contribution in [-0.4, -0.2) is 31.8 Å². The van der Waals surface area contributed by atoms with Crippen LogP contribution in [-0.2, 0) is 6.54 Å². The van der Waals surface area contributed by atoms with Gasteiger partial charge in [0, 0.05) is 24.7 Å². The lowest BCUT2D eigenvalue weighted by molar-refractivity contribution is 0.0783. The first-order valence-electron chi connectivity index (χ1n) is 7.37. The molecule has 1 aliphatic heterocycles. The minimum absolute atomic E-state index is 0.0770. The van der Waals surface area contributed by atoms with Crippen molar-refractivity contribution in [1.29, 1.82) is 0 Å². The number of amides is 1. The number of aryl methyl sites for hydroxylation is 1. The standard InChI is InChI=1S/C18H19NO4/c1-12-4-6-15(21-3)14(8-12)10-19(2)18(20)13-5-7-16-17(9-13)23-11-22-16/h4-9H,10-11H2,1-3H3. The summed E-state index contributed by atoms with van der Waals surface area (Å²) in [5.41, 5.74) is 2.68. The minimum atomic E-state index is -0.0770. The molecule has 120 valence electrons. The molecule has 0 aromatic heterocycles. The molecule has 3 rings (SSSR count). The van der Waals surface area contributed by atoms with Gasteiger partial charge < -0.3 is 19.1 Å². The van der Waals surface area contributed by atoms with E-state index in [4.69, 9.17) is 14.2 Å². The maximum Gasteiger partial charge on any atom is 0.254 e. The van der Waals surface area contributed by atoms with Crippen molar-refractivity contribution in [3.8, 4) is 17.2 Å². The number of fused-ring (bicyclic) bond motifs is 1. The fraction of sp³-hybridized carbons (Fsp3) is 0.278. The number of hydrogen-bond donors (Lipinski definition) is 0. The molecular weight excluding hydrogens is 294 g/mol. The van der Waals surface area contributed by atoms with E-state index in [-0.39, 0.29) is 12.7 Å². The highest BCUT2D eigenvalue weighted by atomic mass is 16.7. The van der Waals surface area contributed by atoms with Crippen molar-refractivity contribution in [2.75, 3.05) is 21.0 Å². The Morgan fingerprint density at radius 3 is 2.74 bits per heavy atom. The van der Waals surface area contributed by atoms with Crippen LogP contribution in [0.4, 0.5) is 0 Å². The first-order valence-corrected chi connectivity index (χ1v) is 7.37. The molecule has 0 saturated carbocycles. The topological polar surface area (TPSA) is 48.0 Å². The molecule has 5 nitrogen and oxygen atoms in total. The lowest BCUT2D eigenvalue weighted by Gasteiger charge is -2.19. The van der Waals surface area contributed by atoms with E-state index in [1.807, 2.05) is 25.1 Å². The summed E-state index contributed by atoms with van der Waals surface area (Å²) in [6.07, 6.45) is 0. The molecule has 0 radical (unpaired) electrons. The van der Waals surface area contributed by atoms with E-state index in [2.05, 4.69) is 0 Å². The molecule has 23 heavy (non-hydrogen) atoms. The Balaban J connectivity index is 1.79. The highest BCUT2D eigenvalue weighted by Crippen LogP contribution is 2.33. The summed E-state index contributed by atoms with van der Waals surface area (Å²) in [6.45, 7) is 2.68. The summed E-state index contributed by atoms with van der Waals surface area (Å²) in [4.78, 5) is 14.3. The number of nitrogens with zero attached hydrogens (tertiary/aromatic N) is 1. The van der Waals surface area contributed by atoms with Crippen molar-refractivity contribution in [1.82, 2.24) is 4.90 Å². The molecular formula is C18H19NO4. The van der Waals surface area contributed by atoms with E-state index in [1.54, 1.807) is 37.3 Å². The van der Waals surface area contributed by atoms with Gasteiger partial charge in [-0.05, 0) is 31.2 Å². The third kappa shape index (κ3) is 3.08. The average Bonchev–Trinajstić information content (AvgIpc) is 3.01. The molecule has 1 aliphatic rings. The monoisotopic (exact) mass is 313 g/mol. The Bertz CT molecular complexity index is 742. The van der Waals surface area contributed by atoms with E-state index in [0.717, 1.165) is 16.9 Å². The van der Waals surface area contributed by atoms with Gasteiger partial charge in [-0.15, -0.1) is 0 Å². The van der Waals surface area contributed by atoms with Crippen molar-refractivity contribution in [2.24, 2.45) is 0 Å². The van der Waals surface area contributed by atoms with E-state index in [0.29, 0.717) is 23.6 Å². The number of hydrogen-bond acceptors (Lipinski definition) is 4. The van der Waals surface area contributed by atoms with Crippen LogP contribution in [0.5, 0.6) is 17.2 Å². The maximum atomic E-state index is 12.6. The molecule has 0 N–H and O–H groups in total. The second-order valence-corrected chi connectivity index (χ2v) is 5.54. The Morgan fingerprint density at radius 1 is 1.17 bits per heavy atom. The van der Waals surface area contributed by atoms with Crippen LogP contribution < -0.4 is 14.2 Å². The Kier molecular flexibility index (Phi) is 4.10. The van der Waals surface area contributed by atoms with Crippen LogP contribution in [0, 0.1) is 6.92 Å². The van der Waals surface area contributed by atoms with E-state index in [1.165, 1.54) is 0 Å². The summed E-state index contributed by atoms with van der Waals surface area (Å²) in [5, 5.41) is 0. The third-order valence-corrected chi connectivity index (χ3v) is 3.81. The Morgan fingerprint density at radius 2 is 1.96 bits per heavy atom. The van der Waals surface area contributed by atoms with Gasteiger partial charge in [0.1, 0.15) is 5.75 Å². The van der Waals surface area contributed by atoms with Gasteiger partial charge in [-0.25, -0.2) is 0 Å². The quantitative estimate of drug-likeness (QED) is 0.870. The van der Waals surface area contributed by atoms with Crippen LogP contribution in [0.3, 0.4) is 0 Å². The first kappa shape index (κ1) is 15.2. The fourth-order valence-corrected chi connectivity index (χ4v) is 2.61. The second-order valence-electron chi connectivity index (χ2n) is 5.54. The zero-order valence-electron chi connectivity index (χ0n) is 13.5. The van der Waals surface area contributed by atoms with Crippen LogP contribution in [0.25, 0.3) is 0 Å². The van der Waals surface area contributed by atoms with Crippen molar-refractivity contribution >= 4 is 5.91 Å². The van der Waals surface area contributed by atoms with Crippen LogP contribution in [0.2, 0.25) is 0 Å². The van der Waals surface area contributed by atoms with E-state index in [9.17, 15) is 4.79 Å². The van der Waals surface area contributed by atoms with Crippen molar-refractivity contribution in [2.45, 2.75) is 13.5 Å². The smallest absolute Gasteiger partial charge is 0.254 e. The molecule has 0 aliphatic carbocycles. The lowest BCUT2D eigenvalue weighted by Crippen LogP contribution is -2.26. The molecule has 1 heterocycles. The normalized spacial score (nSPS) is 12.1. The van der Waals surface area contributed by atoms with Gasteiger partial charge in [0.25, 0.3) is 5.91 Å². The molecule has 0 unspecified atom stereocenters. The van der Waals surface area contributed by atoms with Gasteiger partial charge >= 0.3 is 0 Å².